The largest absolute Gasteiger partial charge is 0.355 e. The number of anilines is 1. The molecule has 5 nitrogen and oxygen atoms in total. The minimum absolute atomic E-state index is 0.240. The molecule has 0 saturated carbocycles. The zero-order chi connectivity index (χ0) is 13.2. The van der Waals surface area contributed by atoms with E-state index in [0.717, 1.165) is 11.3 Å². The van der Waals surface area contributed by atoms with E-state index in [1.165, 1.54) is 0 Å². The third-order valence-electron chi connectivity index (χ3n) is 2.80. The number of hydrogen-bond acceptors (Lipinski definition) is 4. The zero-order valence-corrected chi connectivity index (χ0v) is 10.3. The van der Waals surface area contributed by atoms with Gasteiger partial charge in [-0.1, -0.05) is 22.9 Å². The number of nitrogens with one attached hydrogen (secondary N) is 1. The lowest BCUT2D eigenvalue weighted by molar-refractivity contribution is 0.102. The van der Waals surface area contributed by atoms with Gasteiger partial charge in [-0.05, 0) is 19.1 Å². The van der Waals surface area contributed by atoms with Gasteiger partial charge in [0.2, 0.25) is 0 Å². The third kappa shape index (κ3) is 2.18. The first kappa shape index (κ1) is 11.4. The monoisotopic (exact) mass is 253 g/mol. The molecule has 0 spiro atoms. The van der Waals surface area contributed by atoms with Crippen LogP contribution in [0.5, 0.6) is 0 Å². The van der Waals surface area contributed by atoms with Gasteiger partial charge in [-0.2, -0.15) is 0 Å². The second kappa shape index (κ2) is 4.53. The van der Waals surface area contributed by atoms with Gasteiger partial charge < -0.3 is 9.84 Å². The lowest BCUT2D eigenvalue weighted by atomic mass is 10.2. The van der Waals surface area contributed by atoms with E-state index in [1.807, 2.05) is 31.2 Å². The van der Waals surface area contributed by atoms with Crippen LogP contribution in [-0.4, -0.2) is 16.0 Å². The number of aryl methyl sites for hydroxylation is 1. The predicted molar refractivity (Wildman–Crippen MR) is 70.9 cm³/mol. The van der Waals surface area contributed by atoms with Gasteiger partial charge in [-0.25, -0.2) is 0 Å². The van der Waals surface area contributed by atoms with Gasteiger partial charge >= 0.3 is 0 Å². The summed E-state index contributed by atoms with van der Waals surface area (Å²) in [5.74, 6) is -0.310. The molecule has 2 aromatic heterocycles. The van der Waals surface area contributed by atoms with Crippen molar-refractivity contribution in [3.63, 3.8) is 0 Å². The average Bonchev–Trinajstić information content (AvgIpc) is 2.85. The maximum Gasteiger partial charge on any atom is 0.278 e. The van der Waals surface area contributed by atoms with Crippen molar-refractivity contribution in [1.29, 1.82) is 0 Å². The Balaban J connectivity index is 1.90. The summed E-state index contributed by atoms with van der Waals surface area (Å²) < 4.78 is 5.08. The van der Waals surface area contributed by atoms with Gasteiger partial charge in [-0.15, -0.1) is 0 Å². The Kier molecular flexibility index (Phi) is 2.72. The van der Waals surface area contributed by atoms with Crippen molar-refractivity contribution < 1.29 is 9.32 Å². The minimum atomic E-state index is -0.310. The van der Waals surface area contributed by atoms with Crippen LogP contribution in [0.25, 0.3) is 11.0 Å². The van der Waals surface area contributed by atoms with E-state index in [0.29, 0.717) is 11.0 Å². The predicted octanol–water partition coefficient (Wildman–Crippen LogP) is 2.78. The van der Waals surface area contributed by atoms with Crippen LogP contribution in [0, 0.1) is 6.92 Å². The number of aromatic nitrogens is 2. The molecule has 5 heteroatoms. The topological polar surface area (TPSA) is 68.0 Å². The summed E-state index contributed by atoms with van der Waals surface area (Å²) >= 11 is 0. The van der Waals surface area contributed by atoms with Crippen LogP contribution in [0.2, 0.25) is 0 Å². The Hall–Kier alpha value is -2.69. The molecule has 0 saturated heterocycles. The molecule has 0 fully saturated rings. The number of carbonyl (C=O) groups is 1. The number of nitrogens with zero attached hydrogens (tertiary/aromatic N) is 2. The second-order valence-corrected chi connectivity index (χ2v) is 4.22. The Morgan fingerprint density at radius 2 is 2.00 bits per heavy atom. The highest BCUT2D eigenvalue weighted by Crippen LogP contribution is 2.18. The van der Waals surface area contributed by atoms with Crippen LogP contribution in [-0.2, 0) is 0 Å². The quantitative estimate of drug-likeness (QED) is 0.762. The van der Waals surface area contributed by atoms with Gasteiger partial charge in [0.25, 0.3) is 5.91 Å². The number of carbonyl (C=O) groups excluding carboxylic acids is 1. The fraction of sp³-hybridized carbons (Fsp3) is 0.0714. The van der Waals surface area contributed by atoms with E-state index < -0.39 is 0 Å². The summed E-state index contributed by atoms with van der Waals surface area (Å²) in [7, 11) is 0. The van der Waals surface area contributed by atoms with E-state index in [-0.39, 0.29) is 11.6 Å². The van der Waals surface area contributed by atoms with E-state index >= 15 is 0 Å². The first-order valence-corrected chi connectivity index (χ1v) is 5.81. The molecule has 3 aromatic rings. The fourth-order valence-electron chi connectivity index (χ4n) is 1.77. The van der Waals surface area contributed by atoms with Crippen LogP contribution in [0.15, 0.2) is 47.2 Å². The molecule has 1 N–H and O–H groups in total. The molecular weight excluding hydrogens is 242 g/mol. The molecule has 0 unspecified atom stereocenters. The van der Waals surface area contributed by atoms with E-state index in [9.17, 15) is 4.79 Å². The van der Waals surface area contributed by atoms with Gasteiger partial charge in [-0.3, -0.25) is 9.78 Å². The maximum atomic E-state index is 12.1. The van der Waals surface area contributed by atoms with Gasteiger partial charge in [0.15, 0.2) is 11.3 Å². The third-order valence-corrected chi connectivity index (χ3v) is 2.80. The zero-order valence-electron chi connectivity index (χ0n) is 10.3. The first-order chi connectivity index (χ1) is 9.24. The maximum absolute atomic E-state index is 12.1. The van der Waals surface area contributed by atoms with Crippen molar-refractivity contribution in [2.24, 2.45) is 0 Å². The lowest BCUT2D eigenvalue weighted by Gasteiger charge is -2.03. The molecular formula is C14H11N3O2. The summed E-state index contributed by atoms with van der Waals surface area (Å²) in [6, 6.07) is 9.21. The van der Waals surface area contributed by atoms with E-state index in [1.54, 1.807) is 18.5 Å². The molecule has 1 amide bonds. The fourth-order valence-corrected chi connectivity index (χ4v) is 1.77. The number of pyridine rings is 1. The highest BCUT2D eigenvalue weighted by Gasteiger charge is 2.16. The summed E-state index contributed by atoms with van der Waals surface area (Å²) in [6.07, 6.45) is 3.16. The molecule has 3 rings (SSSR count). The van der Waals surface area contributed by atoms with Crippen LogP contribution in [0.3, 0.4) is 0 Å². The van der Waals surface area contributed by atoms with Crippen LogP contribution in [0.1, 0.15) is 16.1 Å². The molecule has 2 heterocycles. The van der Waals surface area contributed by atoms with Gasteiger partial charge in [0.05, 0.1) is 5.39 Å². The first-order valence-electron chi connectivity index (χ1n) is 5.81. The van der Waals surface area contributed by atoms with Gasteiger partial charge in [0.1, 0.15) is 0 Å². The highest BCUT2D eigenvalue weighted by molar-refractivity contribution is 6.10. The second-order valence-electron chi connectivity index (χ2n) is 4.22. The SMILES string of the molecule is Cc1ccc(NC(=O)c2noc3ccncc23)cc1. The number of benzene rings is 1. The Labute approximate surface area is 109 Å². The summed E-state index contributed by atoms with van der Waals surface area (Å²) in [6.45, 7) is 1.99. The van der Waals surface area contributed by atoms with Crippen molar-refractivity contribution in [1.82, 2.24) is 10.1 Å². The molecule has 0 aliphatic carbocycles. The minimum Gasteiger partial charge on any atom is -0.355 e. The van der Waals surface area contributed by atoms with Crippen LogP contribution < -0.4 is 5.32 Å². The molecule has 19 heavy (non-hydrogen) atoms. The number of amides is 1. The number of fused-ring (bicyclic) bond motifs is 1. The van der Waals surface area contributed by atoms with E-state index in [4.69, 9.17) is 4.52 Å². The van der Waals surface area contributed by atoms with Gasteiger partial charge in [0, 0.05) is 24.1 Å². The van der Waals surface area contributed by atoms with Crippen molar-refractivity contribution >= 4 is 22.6 Å². The molecule has 0 atom stereocenters. The Bertz CT molecular complexity index is 732. The normalized spacial score (nSPS) is 10.6. The van der Waals surface area contributed by atoms with E-state index in [2.05, 4.69) is 15.5 Å². The molecule has 0 radical (unpaired) electrons. The van der Waals surface area contributed by atoms with Crippen molar-refractivity contribution in [3.05, 3.63) is 54.0 Å². The van der Waals surface area contributed by atoms with Crippen LogP contribution >= 0.6 is 0 Å². The van der Waals surface area contributed by atoms with Crippen LogP contribution in [0.4, 0.5) is 5.69 Å². The lowest BCUT2D eigenvalue weighted by Crippen LogP contribution is -2.12. The summed E-state index contributed by atoms with van der Waals surface area (Å²) in [4.78, 5) is 16.1. The molecule has 94 valence electrons. The molecule has 0 aliphatic rings. The Morgan fingerprint density at radius 1 is 1.21 bits per heavy atom. The standard InChI is InChI=1S/C14H11N3O2/c1-9-2-4-10(5-3-9)16-14(18)13-11-8-15-7-6-12(11)19-17-13/h2-8H,1H3,(H,16,18). The summed E-state index contributed by atoms with van der Waals surface area (Å²) in [5.41, 5.74) is 2.64. The number of rotatable bonds is 2. The highest BCUT2D eigenvalue weighted by atomic mass is 16.5. The van der Waals surface area contributed by atoms with Crippen molar-refractivity contribution in [2.45, 2.75) is 6.92 Å². The molecule has 0 aliphatic heterocycles. The number of hydrogen-bond donors (Lipinski definition) is 1. The summed E-state index contributed by atoms with van der Waals surface area (Å²) in [5, 5.41) is 7.16. The van der Waals surface area contributed by atoms with Crippen molar-refractivity contribution in [2.75, 3.05) is 5.32 Å². The smallest absolute Gasteiger partial charge is 0.278 e. The van der Waals surface area contributed by atoms with Crippen molar-refractivity contribution in [3.8, 4) is 0 Å². The Morgan fingerprint density at radius 3 is 2.79 bits per heavy atom. The molecule has 0 bridgehead atoms. The molecule has 1 aromatic carbocycles. The average molecular weight is 253 g/mol.